The van der Waals surface area contributed by atoms with Crippen molar-refractivity contribution >= 4 is 21.6 Å². The lowest BCUT2D eigenvalue weighted by Crippen LogP contribution is -2.53. The van der Waals surface area contributed by atoms with Gasteiger partial charge in [0.05, 0.1) is 17.1 Å². The van der Waals surface area contributed by atoms with Gasteiger partial charge in [-0.1, -0.05) is 29.8 Å². The second kappa shape index (κ2) is 8.28. The first-order valence-corrected chi connectivity index (χ1v) is 11.6. The van der Waals surface area contributed by atoms with E-state index in [1.165, 1.54) is 4.31 Å². The van der Waals surface area contributed by atoms with E-state index in [0.717, 1.165) is 31.5 Å². The Balaban J connectivity index is 1.59. The first-order chi connectivity index (χ1) is 14.3. The van der Waals surface area contributed by atoms with Crippen LogP contribution in [0.15, 0.2) is 53.4 Å². The van der Waals surface area contributed by atoms with Gasteiger partial charge < -0.3 is 15.0 Å². The average molecular weight is 430 g/mol. The molecule has 2 aromatic rings. The number of anilines is 1. The highest BCUT2D eigenvalue weighted by Gasteiger charge is 2.38. The molecule has 1 amide bonds. The molecule has 1 unspecified atom stereocenters. The van der Waals surface area contributed by atoms with Crippen LogP contribution in [0.1, 0.15) is 18.4 Å². The minimum atomic E-state index is -3.83. The summed E-state index contributed by atoms with van der Waals surface area (Å²) in [5.74, 6) is 0.117. The molecule has 0 saturated carbocycles. The third-order valence-electron chi connectivity index (χ3n) is 5.70. The number of hydrogen-bond acceptors (Lipinski definition) is 5. The van der Waals surface area contributed by atoms with Crippen molar-refractivity contribution in [2.45, 2.75) is 36.8 Å². The minimum absolute atomic E-state index is 0.0638. The summed E-state index contributed by atoms with van der Waals surface area (Å²) in [4.78, 5) is 15.4. The Morgan fingerprint density at radius 3 is 2.43 bits per heavy atom. The summed E-state index contributed by atoms with van der Waals surface area (Å²) in [5.41, 5.74) is 1.42. The lowest BCUT2D eigenvalue weighted by atomic mass is 10.1. The number of carbonyl (C=O) groups is 1. The molecule has 2 aliphatic heterocycles. The number of sulfonamides is 1. The number of carbonyl (C=O) groups excluding carboxylic acids is 1. The van der Waals surface area contributed by atoms with Gasteiger partial charge in [-0.3, -0.25) is 9.10 Å². The Morgan fingerprint density at radius 1 is 1.07 bits per heavy atom. The third-order valence-corrected chi connectivity index (χ3v) is 7.50. The van der Waals surface area contributed by atoms with Crippen LogP contribution in [0, 0.1) is 6.92 Å². The smallest absolute Gasteiger partial charge is 0.264 e. The Bertz CT molecular complexity index is 1010. The van der Waals surface area contributed by atoms with Gasteiger partial charge in [-0.15, -0.1) is 0 Å². The molecule has 160 valence electrons. The molecule has 0 aromatic heterocycles. The zero-order valence-corrected chi connectivity index (χ0v) is 18.1. The Hall–Kier alpha value is -2.58. The van der Waals surface area contributed by atoms with Crippen LogP contribution < -0.4 is 14.4 Å². The first kappa shape index (κ1) is 20.7. The van der Waals surface area contributed by atoms with Crippen molar-refractivity contribution in [3.05, 3.63) is 54.1 Å². The summed E-state index contributed by atoms with van der Waals surface area (Å²) in [6.07, 6.45) is 0.841. The van der Waals surface area contributed by atoms with Crippen LogP contribution in [0.4, 0.5) is 5.69 Å². The van der Waals surface area contributed by atoms with E-state index < -0.39 is 16.1 Å². The van der Waals surface area contributed by atoms with E-state index in [2.05, 4.69) is 17.3 Å². The molecule has 30 heavy (non-hydrogen) atoms. The average Bonchev–Trinajstić information content (AvgIpc) is 2.74. The normalized spacial score (nSPS) is 20.3. The number of likely N-dealkylation sites (tertiary alicyclic amines) is 1. The van der Waals surface area contributed by atoms with Crippen molar-refractivity contribution in [3.8, 4) is 5.75 Å². The lowest BCUT2D eigenvalue weighted by Gasteiger charge is -2.36. The topological polar surface area (TPSA) is 79.0 Å². The van der Waals surface area contributed by atoms with E-state index in [4.69, 9.17) is 4.74 Å². The van der Waals surface area contributed by atoms with E-state index in [1.807, 2.05) is 6.92 Å². The fourth-order valence-corrected chi connectivity index (χ4v) is 5.33. The second-order valence-corrected chi connectivity index (χ2v) is 9.87. The fraction of sp³-hybridized carbons (Fsp3) is 0.409. The predicted octanol–water partition coefficient (Wildman–Crippen LogP) is 2.16. The lowest BCUT2D eigenvalue weighted by molar-refractivity contribution is -0.128. The summed E-state index contributed by atoms with van der Waals surface area (Å²) in [6.45, 7) is 3.69. The van der Waals surface area contributed by atoms with E-state index >= 15 is 0 Å². The molecule has 2 heterocycles. The number of fused-ring (bicyclic) bond motifs is 1. The largest absolute Gasteiger partial charge is 0.476 e. The summed E-state index contributed by atoms with van der Waals surface area (Å²) < 4.78 is 34.0. The summed E-state index contributed by atoms with van der Waals surface area (Å²) in [6, 6.07) is 13.7. The molecule has 8 heteroatoms. The van der Waals surface area contributed by atoms with Gasteiger partial charge in [0.2, 0.25) is 0 Å². The number of ether oxygens (including phenoxy) is 1. The molecular formula is C22H27N3O4S. The first-order valence-electron chi connectivity index (χ1n) is 10.2. The highest BCUT2D eigenvalue weighted by atomic mass is 32.2. The van der Waals surface area contributed by atoms with Gasteiger partial charge in [-0.2, -0.15) is 0 Å². The van der Waals surface area contributed by atoms with Crippen molar-refractivity contribution < 1.29 is 17.9 Å². The van der Waals surface area contributed by atoms with Crippen molar-refractivity contribution in [3.63, 3.8) is 0 Å². The monoisotopic (exact) mass is 429 g/mol. The molecule has 2 aliphatic rings. The van der Waals surface area contributed by atoms with E-state index in [1.54, 1.807) is 48.5 Å². The number of piperidine rings is 1. The minimum Gasteiger partial charge on any atom is -0.476 e. The van der Waals surface area contributed by atoms with Crippen molar-refractivity contribution in [1.82, 2.24) is 10.2 Å². The number of para-hydroxylation sites is 2. The second-order valence-electron chi connectivity index (χ2n) is 8.01. The molecule has 0 aliphatic carbocycles. The van der Waals surface area contributed by atoms with Gasteiger partial charge >= 0.3 is 0 Å². The predicted molar refractivity (Wildman–Crippen MR) is 115 cm³/mol. The summed E-state index contributed by atoms with van der Waals surface area (Å²) >= 11 is 0. The van der Waals surface area contributed by atoms with Crippen molar-refractivity contribution in [2.75, 3.05) is 31.0 Å². The van der Waals surface area contributed by atoms with Crippen molar-refractivity contribution in [2.24, 2.45) is 0 Å². The Kier molecular flexibility index (Phi) is 5.71. The van der Waals surface area contributed by atoms with Gasteiger partial charge in [0.25, 0.3) is 15.9 Å². The number of hydrogen-bond donors (Lipinski definition) is 1. The van der Waals surface area contributed by atoms with Crippen LogP contribution in [0.2, 0.25) is 0 Å². The molecule has 1 fully saturated rings. The number of nitrogens with one attached hydrogen (secondary N) is 1. The standard InChI is InChI=1S/C22H27N3O4S/c1-16-7-9-18(10-8-16)30(27,28)25-15-21(29-20-6-4-3-5-19(20)25)22(26)23-17-11-13-24(2)14-12-17/h3-10,17,21H,11-15H2,1-2H3,(H,23,26). The maximum absolute atomic E-state index is 13.4. The molecule has 4 rings (SSSR count). The Morgan fingerprint density at radius 2 is 1.73 bits per heavy atom. The fourth-order valence-electron chi connectivity index (χ4n) is 3.85. The van der Waals surface area contributed by atoms with Gasteiger partial charge in [-0.05, 0) is 64.2 Å². The SMILES string of the molecule is Cc1ccc(S(=O)(=O)N2CC(C(=O)NC3CCN(C)CC3)Oc3ccccc32)cc1. The maximum atomic E-state index is 13.4. The molecule has 1 atom stereocenters. The quantitative estimate of drug-likeness (QED) is 0.806. The summed E-state index contributed by atoms with van der Waals surface area (Å²) in [7, 11) is -1.77. The molecule has 1 saturated heterocycles. The number of amides is 1. The molecule has 2 aromatic carbocycles. The number of nitrogens with zero attached hydrogens (tertiary/aromatic N) is 2. The summed E-state index contributed by atoms with van der Waals surface area (Å²) in [5, 5.41) is 3.05. The maximum Gasteiger partial charge on any atom is 0.264 e. The molecule has 0 spiro atoms. The van der Waals surface area contributed by atoms with E-state index in [0.29, 0.717) is 11.4 Å². The third kappa shape index (κ3) is 4.15. The van der Waals surface area contributed by atoms with Crippen LogP contribution in [0.5, 0.6) is 5.75 Å². The molecular weight excluding hydrogens is 402 g/mol. The molecule has 7 nitrogen and oxygen atoms in total. The molecule has 1 N–H and O–H groups in total. The van der Waals surface area contributed by atoms with Gasteiger partial charge in [-0.25, -0.2) is 8.42 Å². The number of benzene rings is 2. The highest BCUT2D eigenvalue weighted by molar-refractivity contribution is 7.92. The van der Waals surface area contributed by atoms with Crippen LogP contribution in [0.25, 0.3) is 0 Å². The van der Waals surface area contributed by atoms with Crippen LogP contribution in [-0.4, -0.2) is 58.1 Å². The highest BCUT2D eigenvalue weighted by Crippen LogP contribution is 2.36. The van der Waals surface area contributed by atoms with Gasteiger partial charge in [0.15, 0.2) is 6.10 Å². The van der Waals surface area contributed by atoms with Crippen LogP contribution in [0.3, 0.4) is 0 Å². The Labute approximate surface area is 177 Å². The zero-order chi connectivity index (χ0) is 21.3. The van der Waals surface area contributed by atoms with Crippen LogP contribution >= 0.6 is 0 Å². The molecule has 0 bridgehead atoms. The molecule has 0 radical (unpaired) electrons. The zero-order valence-electron chi connectivity index (χ0n) is 17.2. The van der Waals surface area contributed by atoms with E-state index in [-0.39, 0.29) is 23.4 Å². The number of aryl methyl sites for hydroxylation is 1. The van der Waals surface area contributed by atoms with Crippen LogP contribution in [-0.2, 0) is 14.8 Å². The van der Waals surface area contributed by atoms with Gasteiger partial charge in [0.1, 0.15) is 5.75 Å². The number of rotatable bonds is 4. The van der Waals surface area contributed by atoms with E-state index in [9.17, 15) is 13.2 Å². The van der Waals surface area contributed by atoms with Crippen molar-refractivity contribution in [1.29, 1.82) is 0 Å². The van der Waals surface area contributed by atoms with Gasteiger partial charge in [0, 0.05) is 6.04 Å².